The third-order valence-electron chi connectivity index (χ3n) is 4.26. The van der Waals surface area contributed by atoms with Crippen molar-refractivity contribution in [3.8, 4) is 6.07 Å². The van der Waals surface area contributed by atoms with Crippen molar-refractivity contribution in [2.45, 2.75) is 38.6 Å². The topological polar surface area (TPSA) is 39.9 Å². The molecular formula is C16H23N3. The van der Waals surface area contributed by atoms with Gasteiger partial charge in [0.1, 0.15) is 0 Å². The predicted molar refractivity (Wildman–Crippen MR) is 76.5 cm³/mol. The second-order valence-corrected chi connectivity index (χ2v) is 5.77. The lowest BCUT2D eigenvalue weighted by Crippen LogP contribution is -2.42. The Morgan fingerprint density at radius 1 is 1.42 bits per heavy atom. The highest BCUT2D eigenvalue weighted by Crippen LogP contribution is 2.31. The summed E-state index contributed by atoms with van der Waals surface area (Å²) in [6.07, 6.45) is 6.20. The summed E-state index contributed by atoms with van der Waals surface area (Å²) in [5.41, 5.74) is 1.13. The number of hydrogen-bond donors (Lipinski definition) is 0. The van der Waals surface area contributed by atoms with Gasteiger partial charge in [-0.25, -0.2) is 0 Å². The average Bonchev–Trinajstić information content (AvgIpc) is 2.46. The lowest BCUT2D eigenvalue weighted by Gasteiger charge is -2.37. The van der Waals surface area contributed by atoms with Gasteiger partial charge < -0.3 is 4.90 Å². The summed E-state index contributed by atoms with van der Waals surface area (Å²) in [7, 11) is 2.15. The molecule has 0 amide bonds. The fraction of sp³-hybridized carbons (Fsp3) is 0.625. The third kappa shape index (κ3) is 3.78. The zero-order valence-corrected chi connectivity index (χ0v) is 11.9. The monoisotopic (exact) mass is 257 g/mol. The van der Waals surface area contributed by atoms with Crippen molar-refractivity contribution >= 4 is 0 Å². The Labute approximate surface area is 116 Å². The number of pyridine rings is 1. The molecule has 1 heterocycles. The van der Waals surface area contributed by atoms with E-state index in [4.69, 9.17) is 0 Å². The van der Waals surface area contributed by atoms with Crippen molar-refractivity contribution in [1.82, 2.24) is 9.88 Å². The van der Waals surface area contributed by atoms with E-state index in [1.165, 1.54) is 6.42 Å². The number of aromatic nitrogens is 1. The summed E-state index contributed by atoms with van der Waals surface area (Å²) in [6.45, 7) is 3.28. The molecule has 0 aromatic carbocycles. The molecule has 0 radical (unpaired) electrons. The van der Waals surface area contributed by atoms with Crippen LogP contribution in [0.15, 0.2) is 24.4 Å². The highest BCUT2D eigenvalue weighted by molar-refractivity contribution is 5.04. The summed E-state index contributed by atoms with van der Waals surface area (Å²) >= 11 is 0. The Bertz CT molecular complexity index is 423. The Morgan fingerprint density at radius 2 is 2.26 bits per heavy atom. The summed E-state index contributed by atoms with van der Waals surface area (Å²) in [5, 5.41) is 9.29. The van der Waals surface area contributed by atoms with Crippen molar-refractivity contribution in [2.24, 2.45) is 11.8 Å². The minimum absolute atomic E-state index is 0.199. The average molecular weight is 257 g/mol. The van der Waals surface area contributed by atoms with E-state index >= 15 is 0 Å². The minimum Gasteiger partial charge on any atom is -0.302 e. The first-order valence-corrected chi connectivity index (χ1v) is 7.20. The first kappa shape index (κ1) is 14.0. The van der Waals surface area contributed by atoms with Crippen LogP contribution in [0.4, 0.5) is 0 Å². The molecule has 1 aliphatic rings. The van der Waals surface area contributed by atoms with Crippen LogP contribution < -0.4 is 0 Å². The van der Waals surface area contributed by atoms with Gasteiger partial charge in [-0.3, -0.25) is 4.98 Å². The summed E-state index contributed by atoms with van der Waals surface area (Å²) < 4.78 is 0. The maximum atomic E-state index is 9.29. The number of hydrogen-bond acceptors (Lipinski definition) is 3. The maximum Gasteiger partial charge on any atom is 0.0672 e. The fourth-order valence-corrected chi connectivity index (χ4v) is 2.99. The van der Waals surface area contributed by atoms with E-state index in [0.29, 0.717) is 6.04 Å². The molecular weight excluding hydrogens is 234 g/mol. The van der Waals surface area contributed by atoms with Gasteiger partial charge in [0.25, 0.3) is 0 Å². The number of rotatable bonds is 4. The van der Waals surface area contributed by atoms with Crippen molar-refractivity contribution in [3.05, 3.63) is 30.1 Å². The Kier molecular flexibility index (Phi) is 4.93. The summed E-state index contributed by atoms with van der Waals surface area (Å²) in [6, 6.07) is 8.96. The molecule has 1 saturated carbocycles. The number of nitriles is 1. The largest absolute Gasteiger partial charge is 0.302 e. The van der Waals surface area contributed by atoms with Gasteiger partial charge >= 0.3 is 0 Å². The molecule has 1 aromatic heterocycles. The lowest BCUT2D eigenvalue weighted by molar-refractivity contribution is 0.132. The van der Waals surface area contributed by atoms with Gasteiger partial charge in [-0.05, 0) is 44.4 Å². The third-order valence-corrected chi connectivity index (χ3v) is 4.26. The molecule has 3 atom stereocenters. The van der Waals surface area contributed by atoms with E-state index in [0.717, 1.165) is 37.4 Å². The van der Waals surface area contributed by atoms with Gasteiger partial charge in [0.15, 0.2) is 0 Å². The molecule has 2 rings (SSSR count). The SMILES string of the molecule is CC1CCC(C#N)C(N(C)CCc2ccccn2)C1. The van der Waals surface area contributed by atoms with Crippen LogP contribution in [0, 0.1) is 23.2 Å². The van der Waals surface area contributed by atoms with Crippen LogP contribution in [-0.2, 0) is 6.42 Å². The van der Waals surface area contributed by atoms with Gasteiger partial charge in [-0.15, -0.1) is 0 Å². The van der Waals surface area contributed by atoms with Crippen LogP contribution >= 0.6 is 0 Å². The highest BCUT2D eigenvalue weighted by Gasteiger charge is 2.31. The molecule has 3 nitrogen and oxygen atoms in total. The standard InChI is InChI=1S/C16H23N3/c1-13-6-7-14(12-17)16(11-13)19(2)10-8-15-5-3-4-9-18-15/h3-5,9,13-14,16H,6-8,10-11H2,1-2H3. The molecule has 0 bridgehead atoms. The van der Waals surface area contributed by atoms with Gasteiger partial charge in [-0.2, -0.15) is 5.26 Å². The van der Waals surface area contributed by atoms with Crippen molar-refractivity contribution in [1.29, 1.82) is 5.26 Å². The quantitative estimate of drug-likeness (QED) is 0.832. The first-order valence-electron chi connectivity index (χ1n) is 7.20. The van der Waals surface area contributed by atoms with E-state index in [1.54, 1.807) is 0 Å². The molecule has 3 unspecified atom stereocenters. The van der Waals surface area contributed by atoms with Crippen LogP contribution in [0.3, 0.4) is 0 Å². The van der Waals surface area contributed by atoms with Gasteiger partial charge in [-0.1, -0.05) is 13.0 Å². The van der Waals surface area contributed by atoms with Crippen molar-refractivity contribution in [3.63, 3.8) is 0 Å². The number of likely N-dealkylation sites (N-methyl/N-ethyl adjacent to an activating group) is 1. The zero-order valence-electron chi connectivity index (χ0n) is 11.9. The van der Waals surface area contributed by atoms with Gasteiger partial charge in [0, 0.05) is 30.9 Å². The molecule has 0 N–H and O–H groups in total. The van der Waals surface area contributed by atoms with Crippen molar-refractivity contribution in [2.75, 3.05) is 13.6 Å². The van der Waals surface area contributed by atoms with E-state index in [1.807, 2.05) is 18.3 Å². The molecule has 0 saturated heterocycles. The minimum atomic E-state index is 0.199. The molecule has 3 heteroatoms. The Morgan fingerprint density at radius 3 is 2.95 bits per heavy atom. The normalized spacial score (nSPS) is 27.2. The van der Waals surface area contributed by atoms with Gasteiger partial charge in [0.2, 0.25) is 0 Å². The van der Waals surface area contributed by atoms with Crippen LogP contribution in [0.2, 0.25) is 0 Å². The second-order valence-electron chi connectivity index (χ2n) is 5.77. The molecule has 0 spiro atoms. The van der Waals surface area contributed by atoms with Gasteiger partial charge in [0.05, 0.1) is 12.0 Å². The maximum absolute atomic E-state index is 9.29. The molecule has 0 aliphatic heterocycles. The highest BCUT2D eigenvalue weighted by atomic mass is 15.1. The lowest BCUT2D eigenvalue weighted by atomic mass is 9.79. The second kappa shape index (κ2) is 6.68. The van der Waals surface area contributed by atoms with Crippen LogP contribution in [0.5, 0.6) is 0 Å². The molecule has 19 heavy (non-hydrogen) atoms. The molecule has 1 aliphatic carbocycles. The predicted octanol–water partition coefficient (Wildman–Crippen LogP) is 2.88. The molecule has 1 fully saturated rings. The van der Waals surface area contributed by atoms with Crippen LogP contribution in [0.25, 0.3) is 0 Å². The van der Waals surface area contributed by atoms with E-state index < -0.39 is 0 Å². The Hall–Kier alpha value is -1.40. The number of nitrogens with zero attached hydrogens (tertiary/aromatic N) is 3. The first-order chi connectivity index (χ1) is 9.20. The summed E-state index contributed by atoms with van der Waals surface area (Å²) in [4.78, 5) is 6.72. The van der Waals surface area contributed by atoms with E-state index in [-0.39, 0.29) is 5.92 Å². The van der Waals surface area contributed by atoms with Crippen LogP contribution in [-0.4, -0.2) is 29.5 Å². The molecule has 102 valence electrons. The Balaban J connectivity index is 1.91. The van der Waals surface area contributed by atoms with E-state index in [9.17, 15) is 5.26 Å². The fourth-order valence-electron chi connectivity index (χ4n) is 2.99. The van der Waals surface area contributed by atoms with Crippen LogP contribution in [0.1, 0.15) is 31.9 Å². The molecule has 1 aromatic rings. The van der Waals surface area contributed by atoms with E-state index in [2.05, 4.69) is 36.0 Å². The zero-order chi connectivity index (χ0) is 13.7. The smallest absolute Gasteiger partial charge is 0.0672 e. The van der Waals surface area contributed by atoms with Crippen molar-refractivity contribution < 1.29 is 0 Å². The summed E-state index contributed by atoms with van der Waals surface area (Å²) in [5.74, 6) is 0.942.